The maximum absolute atomic E-state index is 11.7. The van der Waals surface area contributed by atoms with Crippen molar-refractivity contribution in [3.63, 3.8) is 0 Å². The molecule has 0 bridgehead atoms. The van der Waals surface area contributed by atoms with Crippen molar-refractivity contribution >= 4 is 10.0 Å². The Bertz CT molecular complexity index is 373. The summed E-state index contributed by atoms with van der Waals surface area (Å²) in [4.78, 5) is 2.35. The number of sulfonamides is 1. The van der Waals surface area contributed by atoms with Gasteiger partial charge in [-0.05, 0) is 18.3 Å². The Balaban J connectivity index is 1.84. The van der Waals surface area contributed by atoms with Gasteiger partial charge >= 0.3 is 0 Å². The van der Waals surface area contributed by atoms with Crippen LogP contribution in [0, 0.1) is 11.8 Å². The average Bonchev–Trinajstić information content (AvgIpc) is 2.62. The van der Waals surface area contributed by atoms with Gasteiger partial charge in [0, 0.05) is 38.8 Å². The Morgan fingerprint density at radius 3 is 2.28 bits per heavy atom. The quantitative estimate of drug-likeness (QED) is 0.783. The predicted molar refractivity (Wildman–Crippen MR) is 72.7 cm³/mol. The molecule has 2 saturated heterocycles. The number of likely N-dealkylation sites (tertiary alicyclic amines) is 1. The van der Waals surface area contributed by atoms with Crippen LogP contribution in [0.1, 0.15) is 20.3 Å². The Labute approximate surface area is 110 Å². The van der Waals surface area contributed by atoms with Gasteiger partial charge in [-0.3, -0.25) is 0 Å². The Morgan fingerprint density at radius 2 is 1.78 bits per heavy atom. The summed E-state index contributed by atoms with van der Waals surface area (Å²) in [5.41, 5.74) is 6.11. The number of nitrogens with two attached hydrogens (primary N) is 1. The van der Waals surface area contributed by atoms with E-state index in [1.807, 2.05) is 0 Å². The second-order valence-corrected chi connectivity index (χ2v) is 7.95. The standard InChI is InChI=1S/C12H25N3O2S/c1-10-8-14(9-11(2)12(10)13)5-6-15-4-3-7-18(15,16)17/h10-12H,3-9,13H2,1-2H3. The highest BCUT2D eigenvalue weighted by atomic mass is 32.2. The van der Waals surface area contributed by atoms with E-state index in [1.54, 1.807) is 4.31 Å². The molecule has 2 atom stereocenters. The molecular weight excluding hydrogens is 250 g/mol. The van der Waals surface area contributed by atoms with Crippen LogP contribution in [0.4, 0.5) is 0 Å². The molecule has 18 heavy (non-hydrogen) atoms. The van der Waals surface area contributed by atoms with Crippen LogP contribution in [0.2, 0.25) is 0 Å². The fraction of sp³-hybridized carbons (Fsp3) is 1.00. The molecule has 0 saturated carbocycles. The summed E-state index contributed by atoms with van der Waals surface area (Å²) in [7, 11) is -2.94. The van der Waals surface area contributed by atoms with Crippen LogP contribution >= 0.6 is 0 Å². The molecule has 0 spiro atoms. The smallest absolute Gasteiger partial charge is 0.214 e. The molecule has 0 aromatic heterocycles. The predicted octanol–water partition coefficient (Wildman–Crippen LogP) is -0.0630. The molecule has 5 nitrogen and oxygen atoms in total. The molecule has 2 aliphatic heterocycles. The van der Waals surface area contributed by atoms with E-state index in [0.717, 1.165) is 26.1 Å². The molecule has 0 amide bonds. The van der Waals surface area contributed by atoms with Crippen LogP contribution in [0.25, 0.3) is 0 Å². The third-order valence-corrected chi connectivity index (χ3v) is 6.23. The molecular formula is C12H25N3O2S. The second kappa shape index (κ2) is 5.45. The summed E-state index contributed by atoms with van der Waals surface area (Å²) in [6.07, 6.45) is 0.778. The van der Waals surface area contributed by atoms with Gasteiger partial charge < -0.3 is 10.6 Å². The molecule has 2 heterocycles. The van der Waals surface area contributed by atoms with Crippen molar-refractivity contribution < 1.29 is 8.42 Å². The first-order chi connectivity index (χ1) is 8.40. The third kappa shape index (κ3) is 3.04. The summed E-state index contributed by atoms with van der Waals surface area (Å²) in [5.74, 6) is 1.30. The lowest BCUT2D eigenvalue weighted by Gasteiger charge is -2.40. The van der Waals surface area contributed by atoms with Crippen molar-refractivity contribution in [1.82, 2.24) is 9.21 Å². The first kappa shape index (κ1) is 14.2. The van der Waals surface area contributed by atoms with Gasteiger partial charge in [-0.15, -0.1) is 0 Å². The summed E-state index contributed by atoms with van der Waals surface area (Å²) >= 11 is 0. The lowest BCUT2D eigenvalue weighted by Crippen LogP contribution is -2.52. The van der Waals surface area contributed by atoms with Crippen molar-refractivity contribution in [2.24, 2.45) is 17.6 Å². The summed E-state index contributed by atoms with van der Waals surface area (Å²) in [5, 5.41) is 0. The Hall–Kier alpha value is -0.170. The van der Waals surface area contributed by atoms with E-state index in [-0.39, 0.29) is 6.04 Å². The molecule has 0 aromatic rings. The number of hydrogen-bond donors (Lipinski definition) is 1. The van der Waals surface area contributed by atoms with Gasteiger partial charge in [0.15, 0.2) is 0 Å². The highest BCUT2D eigenvalue weighted by Crippen LogP contribution is 2.20. The minimum absolute atomic E-state index is 0.275. The van der Waals surface area contributed by atoms with Crippen LogP contribution in [0.3, 0.4) is 0 Å². The van der Waals surface area contributed by atoms with Gasteiger partial charge in [-0.1, -0.05) is 13.8 Å². The molecule has 106 valence electrons. The van der Waals surface area contributed by atoms with Crippen LogP contribution in [0.15, 0.2) is 0 Å². The van der Waals surface area contributed by atoms with E-state index in [1.165, 1.54) is 0 Å². The molecule has 6 heteroatoms. The molecule has 0 radical (unpaired) electrons. The SMILES string of the molecule is CC1CN(CCN2CCCS2(=O)=O)CC(C)C1N. The monoisotopic (exact) mass is 275 g/mol. The van der Waals surface area contributed by atoms with Gasteiger partial charge in [0.05, 0.1) is 5.75 Å². The maximum Gasteiger partial charge on any atom is 0.214 e. The molecule has 2 aliphatic rings. The molecule has 2 rings (SSSR count). The first-order valence-electron chi connectivity index (χ1n) is 6.86. The zero-order valence-corrected chi connectivity index (χ0v) is 12.2. The Kier molecular flexibility index (Phi) is 4.31. The average molecular weight is 275 g/mol. The number of rotatable bonds is 3. The summed E-state index contributed by atoms with van der Waals surface area (Å²) < 4.78 is 25.0. The van der Waals surface area contributed by atoms with Crippen molar-refractivity contribution in [1.29, 1.82) is 0 Å². The van der Waals surface area contributed by atoms with Crippen LogP contribution in [0.5, 0.6) is 0 Å². The lowest BCUT2D eigenvalue weighted by atomic mass is 9.86. The zero-order valence-electron chi connectivity index (χ0n) is 11.4. The number of nitrogens with zero attached hydrogens (tertiary/aromatic N) is 2. The number of piperidine rings is 1. The van der Waals surface area contributed by atoms with Crippen molar-refractivity contribution in [3.8, 4) is 0 Å². The zero-order chi connectivity index (χ0) is 13.3. The molecule has 2 unspecified atom stereocenters. The van der Waals surface area contributed by atoms with E-state index in [2.05, 4.69) is 18.7 Å². The molecule has 2 N–H and O–H groups in total. The van der Waals surface area contributed by atoms with Gasteiger partial charge in [-0.2, -0.15) is 0 Å². The van der Waals surface area contributed by atoms with Gasteiger partial charge in [0.25, 0.3) is 0 Å². The second-order valence-electron chi connectivity index (χ2n) is 5.86. The van der Waals surface area contributed by atoms with Crippen LogP contribution in [-0.4, -0.2) is 62.1 Å². The fourth-order valence-corrected chi connectivity index (χ4v) is 4.59. The molecule has 0 aliphatic carbocycles. The summed E-state index contributed by atoms with van der Waals surface area (Å²) in [6, 6.07) is 0.275. The minimum Gasteiger partial charge on any atom is -0.327 e. The van der Waals surface area contributed by atoms with E-state index in [4.69, 9.17) is 5.73 Å². The number of hydrogen-bond acceptors (Lipinski definition) is 4. The largest absolute Gasteiger partial charge is 0.327 e. The minimum atomic E-state index is -2.94. The van der Waals surface area contributed by atoms with Crippen LogP contribution < -0.4 is 5.73 Å². The van der Waals surface area contributed by atoms with E-state index >= 15 is 0 Å². The maximum atomic E-state index is 11.7. The first-order valence-corrected chi connectivity index (χ1v) is 8.47. The van der Waals surface area contributed by atoms with Crippen molar-refractivity contribution in [2.45, 2.75) is 26.3 Å². The fourth-order valence-electron chi connectivity index (χ4n) is 3.07. The van der Waals surface area contributed by atoms with E-state index < -0.39 is 10.0 Å². The van der Waals surface area contributed by atoms with Gasteiger partial charge in [-0.25, -0.2) is 12.7 Å². The topological polar surface area (TPSA) is 66.6 Å². The molecule has 2 fully saturated rings. The van der Waals surface area contributed by atoms with Crippen molar-refractivity contribution in [2.75, 3.05) is 38.5 Å². The van der Waals surface area contributed by atoms with E-state index in [0.29, 0.717) is 30.7 Å². The van der Waals surface area contributed by atoms with E-state index in [9.17, 15) is 8.42 Å². The van der Waals surface area contributed by atoms with Gasteiger partial charge in [0.2, 0.25) is 10.0 Å². The van der Waals surface area contributed by atoms with Crippen LogP contribution in [-0.2, 0) is 10.0 Å². The Morgan fingerprint density at radius 1 is 1.17 bits per heavy atom. The summed E-state index contributed by atoms with van der Waals surface area (Å²) in [6.45, 7) is 8.50. The third-order valence-electron chi connectivity index (χ3n) is 4.28. The highest BCUT2D eigenvalue weighted by molar-refractivity contribution is 7.89. The van der Waals surface area contributed by atoms with Gasteiger partial charge in [0.1, 0.15) is 0 Å². The highest BCUT2D eigenvalue weighted by Gasteiger charge is 2.31. The van der Waals surface area contributed by atoms with Crippen molar-refractivity contribution in [3.05, 3.63) is 0 Å². The normalized spacial score (nSPS) is 38.1. The lowest BCUT2D eigenvalue weighted by molar-refractivity contribution is 0.114. The molecule has 0 aromatic carbocycles.